The molecule has 1 radical (unpaired) electrons. The maximum Gasteiger partial charge on any atom is 0.318 e. The topological polar surface area (TPSA) is 52.4 Å². The normalized spacial score (nSPS) is 23.3. The van der Waals surface area contributed by atoms with Crippen LogP contribution in [-0.2, 0) is 4.74 Å². The molecule has 0 aromatic carbocycles. The minimum atomic E-state index is -0.280. The highest BCUT2D eigenvalue weighted by Gasteiger charge is 2.37. The van der Waals surface area contributed by atoms with Gasteiger partial charge in [0.1, 0.15) is 6.10 Å². The van der Waals surface area contributed by atoms with E-state index in [1.807, 2.05) is 0 Å². The number of nitro groups is 1. The number of hydrogen-bond donors (Lipinski definition) is 0. The summed E-state index contributed by atoms with van der Waals surface area (Å²) in [7, 11) is 0. The van der Waals surface area contributed by atoms with E-state index in [9.17, 15) is 10.1 Å². The minimum Gasteiger partial charge on any atom is -0.370 e. The monoisotopic (exact) mass is 198 g/mol. The molecule has 4 nitrogen and oxygen atoms in total. The molecule has 0 aromatic rings. The molecule has 0 aliphatic heterocycles. The maximum absolute atomic E-state index is 10.7. The van der Waals surface area contributed by atoms with E-state index in [-0.39, 0.29) is 11.0 Å². The van der Waals surface area contributed by atoms with Crippen LogP contribution in [0.25, 0.3) is 0 Å². The average Bonchev–Trinajstić information content (AvgIpc) is 2.19. The fourth-order valence-corrected chi connectivity index (χ4v) is 1.65. The van der Waals surface area contributed by atoms with Gasteiger partial charge < -0.3 is 4.74 Å². The van der Waals surface area contributed by atoms with Crippen molar-refractivity contribution in [1.29, 1.82) is 0 Å². The first-order chi connectivity index (χ1) is 6.75. The molecule has 1 unspecified atom stereocenters. The van der Waals surface area contributed by atoms with Crippen LogP contribution in [0.2, 0.25) is 0 Å². The molecule has 0 spiro atoms. The van der Waals surface area contributed by atoms with E-state index in [1.165, 1.54) is 0 Å². The molecule has 0 saturated heterocycles. The molecule has 0 N–H and O–H groups in total. The van der Waals surface area contributed by atoms with Crippen molar-refractivity contribution in [3.05, 3.63) is 28.8 Å². The number of hydrogen-bond acceptors (Lipinski definition) is 3. The standard InChI is InChI=1S/C10H16NO3/c1-2-3-8-14-10-7-5-4-6-9(10)11(12)13/h2,10H,1,3-8H2. The fourth-order valence-electron chi connectivity index (χ4n) is 1.65. The van der Waals surface area contributed by atoms with Gasteiger partial charge in [-0.05, 0) is 19.3 Å². The summed E-state index contributed by atoms with van der Waals surface area (Å²) >= 11 is 0. The molecule has 0 amide bonds. The van der Waals surface area contributed by atoms with E-state index in [0.29, 0.717) is 19.1 Å². The second kappa shape index (κ2) is 5.75. The Morgan fingerprint density at radius 2 is 2.43 bits per heavy atom. The Hall–Kier alpha value is -0.900. The molecule has 1 saturated carbocycles. The van der Waals surface area contributed by atoms with E-state index in [1.54, 1.807) is 6.08 Å². The van der Waals surface area contributed by atoms with Crippen molar-refractivity contribution in [3.63, 3.8) is 0 Å². The van der Waals surface area contributed by atoms with Crippen LogP contribution in [0.1, 0.15) is 32.1 Å². The molecule has 0 aromatic heterocycles. The first-order valence-corrected chi connectivity index (χ1v) is 4.98. The molecule has 14 heavy (non-hydrogen) atoms. The van der Waals surface area contributed by atoms with Crippen molar-refractivity contribution in [1.82, 2.24) is 0 Å². The molecule has 0 bridgehead atoms. The van der Waals surface area contributed by atoms with Gasteiger partial charge in [-0.15, -0.1) is 6.58 Å². The molecule has 1 aliphatic rings. The van der Waals surface area contributed by atoms with Crippen LogP contribution in [0.4, 0.5) is 0 Å². The van der Waals surface area contributed by atoms with Gasteiger partial charge in [0, 0.05) is 11.3 Å². The molecular weight excluding hydrogens is 182 g/mol. The van der Waals surface area contributed by atoms with Crippen molar-refractivity contribution < 1.29 is 9.66 Å². The first kappa shape index (κ1) is 11.2. The van der Waals surface area contributed by atoms with Gasteiger partial charge in [0.2, 0.25) is 0 Å². The second-order valence-electron chi connectivity index (χ2n) is 3.43. The van der Waals surface area contributed by atoms with Gasteiger partial charge in [-0.25, -0.2) is 0 Å². The van der Waals surface area contributed by atoms with Gasteiger partial charge in [-0.1, -0.05) is 12.5 Å². The molecule has 79 valence electrons. The van der Waals surface area contributed by atoms with Crippen LogP contribution in [-0.4, -0.2) is 17.6 Å². The average molecular weight is 198 g/mol. The van der Waals surface area contributed by atoms with Crippen molar-refractivity contribution in [2.75, 3.05) is 6.61 Å². The zero-order valence-electron chi connectivity index (χ0n) is 8.28. The van der Waals surface area contributed by atoms with Crippen LogP contribution < -0.4 is 0 Å². The summed E-state index contributed by atoms with van der Waals surface area (Å²) in [6.07, 6.45) is 5.54. The second-order valence-corrected chi connectivity index (χ2v) is 3.43. The maximum atomic E-state index is 10.7. The summed E-state index contributed by atoms with van der Waals surface area (Å²) in [5.41, 5.74) is 0. The molecule has 1 aliphatic carbocycles. The third-order valence-corrected chi connectivity index (χ3v) is 2.40. The van der Waals surface area contributed by atoms with Crippen molar-refractivity contribution >= 4 is 0 Å². The Balaban J connectivity index is 2.37. The van der Waals surface area contributed by atoms with Crippen LogP contribution in [0, 0.1) is 16.2 Å². The molecule has 1 fully saturated rings. The Labute approximate surface area is 84.1 Å². The fraction of sp³-hybridized carbons (Fsp3) is 0.700. The zero-order valence-corrected chi connectivity index (χ0v) is 8.28. The van der Waals surface area contributed by atoms with Gasteiger partial charge >= 0.3 is 6.04 Å². The van der Waals surface area contributed by atoms with Crippen molar-refractivity contribution in [3.8, 4) is 0 Å². The smallest absolute Gasteiger partial charge is 0.318 e. The van der Waals surface area contributed by atoms with E-state index in [0.717, 1.165) is 25.7 Å². The first-order valence-electron chi connectivity index (χ1n) is 4.98. The largest absolute Gasteiger partial charge is 0.370 e. The van der Waals surface area contributed by atoms with Gasteiger partial charge in [0.25, 0.3) is 0 Å². The minimum absolute atomic E-state index is 0.265. The van der Waals surface area contributed by atoms with Gasteiger partial charge in [0.15, 0.2) is 0 Å². The summed E-state index contributed by atoms with van der Waals surface area (Å²) in [5, 5.41) is 10.7. The van der Waals surface area contributed by atoms with E-state index in [2.05, 4.69) is 6.58 Å². The quantitative estimate of drug-likeness (QED) is 0.295. The lowest BCUT2D eigenvalue weighted by Gasteiger charge is -2.23. The van der Waals surface area contributed by atoms with Crippen molar-refractivity contribution in [2.45, 2.75) is 38.2 Å². The van der Waals surface area contributed by atoms with Gasteiger partial charge in [0.05, 0.1) is 6.61 Å². The van der Waals surface area contributed by atoms with Crippen LogP contribution in [0.15, 0.2) is 12.7 Å². The highest BCUT2D eigenvalue weighted by molar-refractivity contribution is 4.91. The number of nitrogens with zero attached hydrogens (tertiary/aromatic N) is 1. The molecule has 4 heteroatoms. The van der Waals surface area contributed by atoms with E-state index < -0.39 is 0 Å². The number of rotatable bonds is 5. The molecular formula is C10H16NO3. The van der Waals surface area contributed by atoms with Crippen LogP contribution in [0.3, 0.4) is 0 Å². The molecule has 0 heterocycles. The summed E-state index contributed by atoms with van der Waals surface area (Å²) in [5.74, 6) is 0. The van der Waals surface area contributed by atoms with E-state index in [4.69, 9.17) is 4.74 Å². The van der Waals surface area contributed by atoms with Gasteiger partial charge in [-0.3, -0.25) is 10.1 Å². The Bertz CT molecular complexity index is 206. The Morgan fingerprint density at radius 3 is 3.07 bits per heavy atom. The zero-order chi connectivity index (χ0) is 10.4. The Morgan fingerprint density at radius 1 is 1.64 bits per heavy atom. The SMILES string of the molecule is C=CCCOC1CCCC[C]1[N+](=O)[O-]. The van der Waals surface area contributed by atoms with Gasteiger partial charge in [-0.2, -0.15) is 0 Å². The Kier molecular flexibility index (Phi) is 4.59. The lowest BCUT2D eigenvalue weighted by molar-refractivity contribution is -0.483. The third kappa shape index (κ3) is 3.10. The predicted octanol–water partition coefficient (Wildman–Crippen LogP) is 2.33. The lowest BCUT2D eigenvalue weighted by atomic mass is 9.93. The molecule has 1 rings (SSSR count). The molecule has 1 atom stereocenters. The lowest BCUT2D eigenvalue weighted by Crippen LogP contribution is -2.31. The van der Waals surface area contributed by atoms with Crippen LogP contribution >= 0.6 is 0 Å². The van der Waals surface area contributed by atoms with Crippen LogP contribution in [0.5, 0.6) is 0 Å². The predicted molar refractivity (Wildman–Crippen MR) is 53.3 cm³/mol. The van der Waals surface area contributed by atoms with E-state index >= 15 is 0 Å². The number of ether oxygens (including phenoxy) is 1. The highest BCUT2D eigenvalue weighted by atomic mass is 16.6. The summed E-state index contributed by atoms with van der Waals surface area (Å²) in [4.78, 5) is 10.4. The third-order valence-electron chi connectivity index (χ3n) is 2.40. The highest BCUT2D eigenvalue weighted by Crippen LogP contribution is 2.28. The summed E-state index contributed by atoms with van der Waals surface area (Å²) in [6.45, 7) is 4.11. The summed E-state index contributed by atoms with van der Waals surface area (Å²) in [6, 6.07) is 0.348. The van der Waals surface area contributed by atoms with Crippen molar-refractivity contribution in [2.24, 2.45) is 0 Å². The summed E-state index contributed by atoms with van der Waals surface area (Å²) < 4.78 is 5.45.